The predicted molar refractivity (Wildman–Crippen MR) is 138 cm³/mol. The third kappa shape index (κ3) is 5.35. The molecule has 4 rings (SSSR count). The van der Waals surface area contributed by atoms with Crippen LogP contribution in [0.3, 0.4) is 0 Å². The number of amides is 2. The summed E-state index contributed by atoms with van der Waals surface area (Å²) in [7, 11) is 6.02. The zero-order valence-electron chi connectivity index (χ0n) is 21.5. The maximum Gasteiger partial charge on any atom is 0.295 e. The minimum absolute atomic E-state index is 0.0234. The number of para-hydroxylation sites is 2. The largest absolute Gasteiger partial charge is 0.495 e. The number of hydrogen-bond acceptors (Lipinski definition) is 7. The maximum atomic E-state index is 14.1. The summed E-state index contributed by atoms with van der Waals surface area (Å²) in [6, 6.07) is 12.5. The highest BCUT2D eigenvalue weighted by Gasteiger charge is 2.38. The summed E-state index contributed by atoms with van der Waals surface area (Å²) in [5.74, 6) is 0.763. The maximum absolute atomic E-state index is 14.1. The van der Waals surface area contributed by atoms with E-state index in [-0.39, 0.29) is 17.7 Å². The Bertz CT molecular complexity index is 1190. The summed E-state index contributed by atoms with van der Waals surface area (Å²) in [6.07, 6.45) is 5.27. The second-order valence-electron chi connectivity index (χ2n) is 8.68. The van der Waals surface area contributed by atoms with E-state index in [1.54, 1.807) is 48.5 Å². The lowest BCUT2D eigenvalue weighted by molar-refractivity contribution is -0.123. The van der Waals surface area contributed by atoms with Crippen LogP contribution in [0.1, 0.15) is 47.8 Å². The first-order valence-electron chi connectivity index (χ1n) is 12.1. The van der Waals surface area contributed by atoms with Crippen molar-refractivity contribution in [2.45, 2.75) is 37.8 Å². The number of hydrogen-bond donors (Lipinski definition) is 1. The number of carbonyl (C=O) groups is 2. The van der Waals surface area contributed by atoms with Gasteiger partial charge in [-0.15, -0.1) is 0 Å². The molecule has 1 N–H and O–H groups in total. The molecule has 0 aliphatic heterocycles. The number of furan rings is 1. The van der Waals surface area contributed by atoms with E-state index in [1.165, 1.54) is 39.6 Å². The highest BCUT2D eigenvalue weighted by molar-refractivity contribution is 6.09. The lowest BCUT2D eigenvalue weighted by atomic mass is 10.00. The molecule has 0 spiro atoms. The lowest BCUT2D eigenvalue weighted by Gasteiger charge is -2.33. The van der Waals surface area contributed by atoms with Crippen LogP contribution in [0, 0.1) is 0 Å². The minimum atomic E-state index is -1.11. The van der Waals surface area contributed by atoms with Crippen LogP contribution in [0.2, 0.25) is 0 Å². The number of benzene rings is 2. The van der Waals surface area contributed by atoms with Crippen molar-refractivity contribution in [3.8, 4) is 23.0 Å². The Morgan fingerprint density at radius 2 is 1.54 bits per heavy atom. The van der Waals surface area contributed by atoms with Gasteiger partial charge in [0.2, 0.25) is 11.7 Å². The number of anilines is 1. The SMILES string of the molecule is COc1ccccc1N(C(=O)c1ccco1)[C@@H](C(=O)NC1CCCC1)c1cc(OC)c(OC)c(OC)c1. The zero-order chi connectivity index (χ0) is 26.4. The van der Waals surface area contributed by atoms with Crippen molar-refractivity contribution in [2.24, 2.45) is 0 Å². The van der Waals surface area contributed by atoms with Crippen LogP contribution in [0.15, 0.2) is 59.2 Å². The third-order valence-corrected chi connectivity index (χ3v) is 6.51. The van der Waals surface area contributed by atoms with E-state index < -0.39 is 11.9 Å². The number of rotatable bonds is 10. The fraction of sp³-hybridized carbons (Fsp3) is 0.357. The molecule has 2 amide bonds. The first-order chi connectivity index (χ1) is 18.0. The minimum Gasteiger partial charge on any atom is -0.495 e. The number of nitrogens with one attached hydrogen (secondary N) is 1. The molecular formula is C28H32N2O7. The van der Waals surface area contributed by atoms with Crippen molar-refractivity contribution in [1.29, 1.82) is 0 Å². The Balaban J connectivity index is 1.93. The van der Waals surface area contributed by atoms with Crippen LogP contribution in [0.4, 0.5) is 5.69 Å². The number of nitrogens with zero attached hydrogens (tertiary/aromatic N) is 1. The molecule has 0 bridgehead atoms. The third-order valence-electron chi connectivity index (χ3n) is 6.51. The molecule has 1 aromatic heterocycles. The predicted octanol–water partition coefficient (Wildman–Crippen LogP) is 4.76. The van der Waals surface area contributed by atoms with Gasteiger partial charge in [-0.2, -0.15) is 0 Å². The van der Waals surface area contributed by atoms with E-state index >= 15 is 0 Å². The fourth-order valence-electron chi connectivity index (χ4n) is 4.74. The molecule has 0 saturated heterocycles. The van der Waals surface area contributed by atoms with Crippen molar-refractivity contribution in [2.75, 3.05) is 33.3 Å². The summed E-state index contributed by atoms with van der Waals surface area (Å²) in [4.78, 5) is 29.4. The molecule has 37 heavy (non-hydrogen) atoms. The number of methoxy groups -OCH3 is 4. The van der Waals surface area contributed by atoms with Gasteiger partial charge in [-0.25, -0.2) is 0 Å². The molecule has 196 valence electrons. The second-order valence-corrected chi connectivity index (χ2v) is 8.68. The molecule has 9 heteroatoms. The Morgan fingerprint density at radius 3 is 2.11 bits per heavy atom. The average Bonchev–Trinajstić information content (AvgIpc) is 3.65. The van der Waals surface area contributed by atoms with Gasteiger partial charge in [0.1, 0.15) is 11.8 Å². The molecule has 2 aromatic carbocycles. The fourth-order valence-corrected chi connectivity index (χ4v) is 4.74. The highest BCUT2D eigenvalue weighted by Crippen LogP contribution is 2.43. The Hall–Kier alpha value is -4.14. The Morgan fingerprint density at radius 1 is 0.892 bits per heavy atom. The lowest BCUT2D eigenvalue weighted by Crippen LogP contribution is -2.46. The van der Waals surface area contributed by atoms with E-state index in [1.807, 2.05) is 0 Å². The van der Waals surface area contributed by atoms with E-state index in [9.17, 15) is 9.59 Å². The topological polar surface area (TPSA) is 99.5 Å². The summed E-state index contributed by atoms with van der Waals surface area (Å²) in [5, 5.41) is 3.15. The molecule has 1 aliphatic carbocycles. The van der Waals surface area contributed by atoms with Gasteiger partial charge in [0.25, 0.3) is 5.91 Å². The molecular weight excluding hydrogens is 476 g/mol. The van der Waals surface area contributed by atoms with Crippen molar-refractivity contribution < 1.29 is 33.0 Å². The smallest absolute Gasteiger partial charge is 0.295 e. The van der Waals surface area contributed by atoms with E-state index in [2.05, 4.69) is 5.32 Å². The zero-order valence-corrected chi connectivity index (χ0v) is 21.5. The van der Waals surface area contributed by atoms with Crippen molar-refractivity contribution in [3.63, 3.8) is 0 Å². The molecule has 1 saturated carbocycles. The van der Waals surface area contributed by atoms with Gasteiger partial charge in [-0.05, 0) is 54.8 Å². The molecule has 3 aromatic rings. The van der Waals surface area contributed by atoms with Crippen molar-refractivity contribution in [3.05, 3.63) is 66.1 Å². The van der Waals surface area contributed by atoms with Crippen molar-refractivity contribution >= 4 is 17.5 Å². The van der Waals surface area contributed by atoms with Crippen LogP contribution >= 0.6 is 0 Å². The van der Waals surface area contributed by atoms with Gasteiger partial charge in [0.15, 0.2) is 17.3 Å². The van der Waals surface area contributed by atoms with Crippen LogP contribution in [-0.4, -0.2) is 46.3 Å². The van der Waals surface area contributed by atoms with Gasteiger partial charge in [-0.1, -0.05) is 25.0 Å². The number of carbonyl (C=O) groups excluding carboxylic acids is 2. The molecule has 1 fully saturated rings. The summed E-state index contributed by atoms with van der Waals surface area (Å²) in [5.41, 5.74) is 0.877. The van der Waals surface area contributed by atoms with E-state index in [0.717, 1.165) is 25.7 Å². The Kier molecular flexibility index (Phi) is 8.22. The second kappa shape index (κ2) is 11.7. The van der Waals surface area contributed by atoms with Gasteiger partial charge in [-0.3, -0.25) is 14.5 Å². The normalized spacial score (nSPS) is 14.1. The summed E-state index contributed by atoms with van der Waals surface area (Å²) >= 11 is 0. The summed E-state index contributed by atoms with van der Waals surface area (Å²) in [6.45, 7) is 0. The van der Waals surface area contributed by atoms with Gasteiger partial charge in [0, 0.05) is 6.04 Å². The molecule has 1 aliphatic rings. The van der Waals surface area contributed by atoms with Gasteiger partial charge < -0.3 is 28.7 Å². The van der Waals surface area contributed by atoms with Crippen LogP contribution in [-0.2, 0) is 4.79 Å². The molecule has 0 unspecified atom stereocenters. The highest BCUT2D eigenvalue weighted by atomic mass is 16.5. The molecule has 0 radical (unpaired) electrons. The van der Waals surface area contributed by atoms with Gasteiger partial charge >= 0.3 is 0 Å². The quantitative estimate of drug-likeness (QED) is 0.421. The van der Waals surface area contributed by atoms with Crippen LogP contribution in [0.25, 0.3) is 0 Å². The first kappa shape index (κ1) is 25.9. The van der Waals surface area contributed by atoms with Crippen LogP contribution in [0.5, 0.6) is 23.0 Å². The molecule has 9 nitrogen and oxygen atoms in total. The van der Waals surface area contributed by atoms with E-state index in [0.29, 0.717) is 34.2 Å². The molecule has 1 heterocycles. The van der Waals surface area contributed by atoms with Gasteiger partial charge in [0.05, 0.1) is 40.4 Å². The first-order valence-corrected chi connectivity index (χ1v) is 12.1. The van der Waals surface area contributed by atoms with E-state index in [4.69, 9.17) is 23.4 Å². The summed E-state index contributed by atoms with van der Waals surface area (Å²) < 4.78 is 27.7. The Labute approximate surface area is 216 Å². The standard InChI is InChI=1S/C28H32N2O7/c1-33-21-13-8-7-12-20(21)30(28(32)22-14-9-15-37-22)25(27(31)29-19-10-5-6-11-19)18-16-23(34-2)26(36-4)24(17-18)35-3/h7-9,12-17,19,25H,5-6,10-11H2,1-4H3,(H,29,31)/t25-/m1/s1. The average molecular weight is 509 g/mol. The number of ether oxygens (including phenoxy) is 4. The molecule has 1 atom stereocenters. The van der Waals surface area contributed by atoms with Crippen molar-refractivity contribution in [1.82, 2.24) is 5.32 Å². The monoisotopic (exact) mass is 508 g/mol. The van der Waals surface area contributed by atoms with Crippen LogP contribution < -0.4 is 29.2 Å².